The maximum atomic E-state index is 14.2. The molecule has 0 radical (unpaired) electrons. The number of benzene rings is 2. The first-order valence-electron chi connectivity index (χ1n) is 19.5. The van der Waals surface area contributed by atoms with E-state index in [-0.39, 0.29) is 57.0 Å². The predicted octanol–water partition coefficient (Wildman–Crippen LogP) is 12.5. The zero-order chi connectivity index (χ0) is 39.7. The van der Waals surface area contributed by atoms with Crippen molar-refractivity contribution in [1.82, 2.24) is 0 Å². The molecule has 4 aromatic carbocycles. The summed E-state index contributed by atoms with van der Waals surface area (Å²) in [6.45, 7) is 11.4. The van der Waals surface area contributed by atoms with Crippen molar-refractivity contribution in [3.63, 3.8) is 0 Å². The molecular weight excluding hydrogens is 736 g/mol. The summed E-state index contributed by atoms with van der Waals surface area (Å²) in [6.07, 6.45) is 11.2. The van der Waals surface area contributed by atoms with Crippen LogP contribution in [0.5, 0.6) is 0 Å². The average Bonchev–Trinajstić information content (AvgIpc) is 3.96. The summed E-state index contributed by atoms with van der Waals surface area (Å²) in [5, 5.41) is 0. The van der Waals surface area contributed by atoms with Crippen molar-refractivity contribution in [3.05, 3.63) is 120 Å². The van der Waals surface area contributed by atoms with Crippen LogP contribution in [0.25, 0.3) is 0 Å². The van der Waals surface area contributed by atoms with Crippen LogP contribution in [-0.2, 0) is 31.3 Å². The second-order valence-electron chi connectivity index (χ2n) is 15.3. The van der Waals surface area contributed by atoms with Gasteiger partial charge in [-0.3, -0.25) is 9.59 Å². The van der Waals surface area contributed by atoms with Crippen LogP contribution < -0.4 is 9.80 Å². The van der Waals surface area contributed by atoms with E-state index in [4.69, 9.17) is 0 Å². The van der Waals surface area contributed by atoms with Crippen molar-refractivity contribution >= 4 is 23.2 Å². The summed E-state index contributed by atoms with van der Waals surface area (Å²) in [4.78, 5) is 29.1. The first-order valence-corrected chi connectivity index (χ1v) is 19.5. The third-order valence-corrected chi connectivity index (χ3v) is 10.6. The fraction of sp³-hybridized carbons (Fsp3) is 0.478. The Morgan fingerprint density at radius 2 is 0.909 bits per heavy atom. The molecule has 0 saturated heterocycles. The Bertz CT molecular complexity index is 1500. The molecule has 0 aromatic heterocycles. The van der Waals surface area contributed by atoms with Crippen molar-refractivity contribution in [3.8, 4) is 0 Å². The molecule has 0 N–H and O–H groups in total. The van der Waals surface area contributed by atoms with E-state index in [1.807, 2.05) is 102 Å². The number of hydrogen-bond acceptors (Lipinski definition) is 2. The molecule has 0 bridgehead atoms. The maximum absolute atomic E-state index is 14.2. The summed E-state index contributed by atoms with van der Waals surface area (Å²) < 4.78 is 54.7. The van der Waals surface area contributed by atoms with Crippen molar-refractivity contribution in [2.75, 3.05) is 9.80 Å². The molecule has 2 amide bonds. The van der Waals surface area contributed by atoms with E-state index in [0.717, 1.165) is 64.2 Å². The smallest absolute Gasteiger partial charge is 0.360 e. The zero-order valence-corrected chi connectivity index (χ0v) is 35.0. The monoisotopic (exact) mass is 794 g/mol. The number of halogens is 4. The van der Waals surface area contributed by atoms with Crippen LogP contribution in [0.1, 0.15) is 119 Å². The maximum Gasteiger partial charge on any atom is 4.00 e. The molecule has 2 aliphatic carbocycles. The molecule has 0 heterocycles. The van der Waals surface area contributed by atoms with Crippen molar-refractivity contribution in [1.29, 1.82) is 0 Å². The van der Waals surface area contributed by atoms with Gasteiger partial charge in [0.15, 0.2) is 0 Å². The Labute approximate surface area is 342 Å². The normalized spacial score (nSPS) is 14.7. The van der Waals surface area contributed by atoms with Gasteiger partial charge >= 0.3 is 21.7 Å². The molecular formula is C46H58F4N2O2Ti. The molecule has 0 atom stereocenters. The number of carbonyl (C=O) groups excluding carboxylic acids is 2. The molecule has 2 aliphatic rings. The standard InChI is InChI=1S/2C18H24F2NO.2C5H5.Ti/c2*1-4-18(2,3)17(22)21(14-8-6-5-7-9-14)16-11-10-13(19)12-15(16)20;2*1-2-4-5-3-1;/h2*10-11,14H,4-9H2,1-3H3;2*1-5H;/q4*-1;+4. The first kappa shape index (κ1) is 47.7. The Morgan fingerprint density at radius 1 is 0.600 bits per heavy atom. The van der Waals surface area contributed by atoms with Gasteiger partial charge in [-0.15, -0.1) is 36.4 Å². The minimum atomic E-state index is -0.786. The van der Waals surface area contributed by atoms with Crippen LogP contribution in [0.2, 0.25) is 0 Å². The molecule has 0 spiro atoms. The van der Waals surface area contributed by atoms with E-state index < -0.39 is 34.1 Å². The number of nitrogens with zero attached hydrogens (tertiary/aromatic N) is 2. The third-order valence-electron chi connectivity index (χ3n) is 10.6. The number of rotatable bonds is 8. The van der Waals surface area contributed by atoms with Crippen LogP contribution in [0.15, 0.2) is 84.9 Å². The fourth-order valence-corrected chi connectivity index (χ4v) is 6.46. The fourth-order valence-electron chi connectivity index (χ4n) is 6.46. The average molecular weight is 795 g/mol. The summed E-state index contributed by atoms with van der Waals surface area (Å²) in [7, 11) is 0. The topological polar surface area (TPSA) is 40.6 Å². The Hall–Kier alpha value is -3.49. The summed E-state index contributed by atoms with van der Waals surface area (Å²) in [6, 6.07) is 29.1. The van der Waals surface area contributed by atoms with Gasteiger partial charge in [-0.2, -0.15) is 36.4 Å². The minimum absolute atomic E-state index is 0. The summed E-state index contributed by atoms with van der Waals surface area (Å²) >= 11 is 0. The molecule has 2 fully saturated rings. The Morgan fingerprint density at radius 3 is 1.15 bits per heavy atom. The van der Waals surface area contributed by atoms with Crippen LogP contribution in [0.4, 0.5) is 28.9 Å². The van der Waals surface area contributed by atoms with E-state index >= 15 is 0 Å². The van der Waals surface area contributed by atoms with Gasteiger partial charge in [-0.1, -0.05) is 80.1 Å². The van der Waals surface area contributed by atoms with Crippen LogP contribution >= 0.6 is 0 Å². The Balaban J connectivity index is 0.000000298. The second kappa shape index (κ2) is 23.6. The first-order chi connectivity index (χ1) is 25.7. The van der Waals surface area contributed by atoms with Gasteiger partial charge in [-0.05, 0) is 49.9 Å². The molecule has 0 unspecified atom stereocenters. The van der Waals surface area contributed by atoms with Crippen LogP contribution in [-0.4, -0.2) is 23.9 Å². The van der Waals surface area contributed by atoms with E-state index in [0.29, 0.717) is 12.8 Å². The number of carbonyl (C=O) groups is 2. The van der Waals surface area contributed by atoms with E-state index in [9.17, 15) is 27.2 Å². The molecule has 6 rings (SSSR count). The molecule has 4 aromatic rings. The number of amides is 2. The van der Waals surface area contributed by atoms with Gasteiger partial charge in [0.25, 0.3) is 0 Å². The number of anilines is 2. The molecule has 0 aliphatic heterocycles. The number of hydrogen-bond donors (Lipinski definition) is 0. The molecule has 9 heteroatoms. The molecule has 4 nitrogen and oxygen atoms in total. The van der Waals surface area contributed by atoms with Gasteiger partial charge in [0, 0.05) is 46.2 Å². The van der Waals surface area contributed by atoms with Crippen molar-refractivity contribution < 1.29 is 48.9 Å². The van der Waals surface area contributed by atoms with Gasteiger partial charge in [-0.25, -0.2) is 41.8 Å². The van der Waals surface area contributed by atoms with Crippen molar-refractivity contribution in [2.24, 2.45) is 10.8 Å². The van der Waals surface area contributed by atoms with E-state index in [2.05, 4.69) is 12.1 Å². The van der Waals surface area contributed by atoms with Gasteiger partial charge in [0.1, 0.15) is 0 Å². The molecule has 296 valence electrons. The van der Waals surface area contributed by atoms with E-state index in [1.54, 1.807) is 9.80 Å². The van der Waals surface area contributed by atoms with Crippen molar-refractivity contribution in [2.45, 2.75) is 131 Å². The largest absolute Gasteiger partial charge is 4.00 e. The van der Waals surface area contributed by atoms with Crippen LogP contribution in [0, 0.1) is 46.2 Å². The second-order valence-corrected chi connectivity index (χ2v) is 15.3. The van der Waals surface area contributed by atoms with Gasteiger partial charge in [0.05, 0.1) is 0 Å². The van der Waals surface area contributed by atoms with Crippen LogP contribution in [0.3, 0.4) is 0 Å². The van der Waals surface area contributed by atoms with Gasteiger partial charge < -0.3 is 9.80 Å². The van der Waals surface area contributed by atoms with E-state index in [1.165, 1.54) is 24.3 Å². The molecule has 55 heavy (non-hydrogen) atoms. The quantitative estimate of drug-likeness (QED) is 0.101. The Kier molecular flexibility index (Phi) is 20.4. The van der Waals surface area contributed by atoms with Gasteiger partial charge in [0.2, 0.25) is 11.8 Å². The molecule has 2 saturated carbocycles. The summed E-state index contributed by atoms with van der Waals surface area (Å²) in [5.41, 5.74) is -0.837. The minimum Gasteiger partial charge on any atom is -0.360 e. The third kappa shape index (κ3) is 14.5. The summed E-state index contributed by atoms with van der Waals surface area (Å²) in [5.74, 6) is -3.25. The zero-order valence-electron chi connectivity index (χ0n) is 33.4. The SMILES string of the molecule is CCC(C)(C)C(=O)N(c1ccc(F)[c-]c1F)C1CCCCC1.CCC(C)(C)C(=O)N(c1ccc(F)[c-]c1F)C1CCCCC1.[Ti+4].c1cc[cH-]c1.c1cc[cH-]c1. The predicted molar refractivity (Wildman–Crippen MR) is 211 cm³/mol.